The molecule has 0 aromatic heterocycles. The standard InChI is InChI=1S/C30H36N2O7Si/c1-30(2,3)40(24-13-6-4-7-14-24,25-15-8-5-9-16-25)39-21-23-20-38-28(19-31(23)29(34)35)27(33)18-22-12-10-11-17-26(22)32(36)37/h4-17,23,27-28,33H,18-21H2,1-3H3,(H,34,35)/t23-,27?,28-/m0/s1. The van der Waals surface area contributed by atoms with Crippen LogP contribution in [0.4, 0.5) is 10.5 Å². The van der Waals surface area contributed by atoms with E-state index in [1.54, 1.807) is 18.2 Å². The van der Waals surface area contributed by atoms with Gasteiger partial charge in [-0.1, -0.05) is 99.6 Å². The second kappa shape index (κ2) is 12.3. The molecule has 1 unspecified atom stereocenters. The fourth-order valence-corrected chi connectivity index (χ4v) is 10.1. The Labute approximate surface area is 235 Å². The zero-order valence-electron chi connectivity index (χ0n) is 23.0. The maximum absolute atomic E-state index is 12.4. The number of carboxylic acid groups (broad SMARTS) is 1. The van der Waals surface area contributed by atoms with Crippen LogP contribution in [0.15, 0.2) is 84.9 Å². The van der Waals surface area contributed by atoms with Gasteiger partial charge in [0.25, 0.3) is 14.0 Å². The molecular weight excluding hydrogens is 528 g/mol. The highest BCUT2D eigenvalue weighted by atomic mass is 28.4. The first kappa shape index (κ1) is 29.4. The number of nitro groups is 1. The molecule has 40 heavy (non-hydrogen) atoms. The Kier molecular flexibility index (Phi) is 9.04. The lowest BCUT2D eigenvalue weighted by molar-refractivity contribution is -0.385. The summed E-state index contributed by atoms with van der Waals surface area (Å²) < 4.78 is 12.9. The van der Waals surface area contributed by atoms with Crippen LogP contribution in [0.2, 0.25) is 5.04 Å². The largest absolute Gasteiger partial charge is 0.465 e. The topological polar surface area (TPSA) is 122 Å². The van der Waals surface area contributed by atoms with Gasteiger partial charge in [-0.25, -0.2) is 4.79 Å². The van der Waals surface area contributed by atoms with Crippen LogP contribution in [-0.2, 0) is 15.6 Å². The first-order valence-corrected chi connectivity index (χ1v) is 15.2. The van der Waals surface area contributed by atoms with Gasteiger partial charge in [-0.2, -0.15) is 0 Å². The van der Waals surface area contributed by atoms with Crippen LogP contribution in [0.1, 0.15) is 26.3 Å². The summed E-state index contributed by atoms with van der Waals surface area (Å²) in [4.78, 5) is 24.5. The van der Waals surface area contributed by atoms with E-state index >= 15 is 0 Å². The number of morpholine rings is 1. The minimum atomic E-state index is -2.89. The van der Waals surface area contributed by atoms with Crippen molar-refractivity contribution in [2.24, 2.45) is 0 Å². The number of hydrogen-bond donors (Lipinski definition) is 2. The highest BCUT2D eigenvalue weighted by Crippen LogP contribution is 2.37. The number of nitro benzene ring substituents is 1. The van der Waals surface area contributed by atoms with Crippen molar-refractivity contribution >= 4 is 30.5 Å². The summed E-state index contributed by atoms with van der Waals surface area (Å²) in [5, 5.41) is 34.3. The van der Waals surface area contributed by atoms with Crippen molar-refractivity contribution in [1.29, 1.82) is 0 Å². The first-order chi connectivity index (χ1) is 19.0. The van der Waals surface area contributed by atoms with Crippen LogP contribution in [-0.4, -0.2) is 72.5 Å². The predicted molar refractivity (Wildman–Crippen MR) is 155 cm³/mol. The lowest BCUT2D eigenvalue weighted by Crippen LogP contribution is -2.68. The molecule has 3 aromatic rings. The first-order valence-electron chi connectivity index (χ1n) is 13.3. The summed E-state index contributed by atoms with van der Waals surface area (Å²) in [7, 11) is -2.89. The molecule has 1 fully saturated rings. The van der Waals surface area contributed by atoms with E-state index in [1.165, 1.54) is 11.0 Å². The van der Waals surface area contributed by atoms with E-state index in [0.717, 1.165) is 10.4 Å². The van der Waals surface area contributed by atoms with Crippen LogP contribution < -0.4 is 10.4 Å². The van der Waals surface area contributed by atoms with Gasteiger partial charge in [0.1, 0.15) is 6.10 Å². The SMILES string of the molecule is CC(C)(C)[Si](OC[C@@H]1CO[C@H](C(O)Cc2ccccc2[N+](=O)[O-])CN1C(=O)O)(c1ccccc1)c1ccccc1. The Morgan fingerprint density at radius 3 is 2.12 bits per heavy atom. The van der Waals surface area contributed by atoms with Crippen molar-refractivity contribution in [3.05, 3.63) is 101 Å². The maximum Gasteiger partial charge on any atom is 0.407 e. The summed E-state index contributed by atoms with van der Waals surface area (Å²) in [6, 6.07) is 25.8. The predicted octanol–water partition coefficient (Wildman–Crippen LogP) is 3.82. The van der Waals surface area contributed by atoms with Gasteiger partial charge in [-0.05, 0) is 15.4 Å². The molecule has 1 aliphatic heterocycles. The van der Waals surface area contributed by atoms with Gasteiger partial charge in [0.2, 0.25) is 0 Å². The molecule has 1 heterocycles. The molecule has 0 bridgehead atoms. The zero-order valence-corrected chi connectivity index (χ0v) is 24.0. The Morgan fingerprint density at radius 2 is 1.60 bits per heavy atom. The van der Waals surface area contributed by atoms with Crippen molar-refractivity contribution < 1.29 is 29.1 Å². The third-order valence-electron chi connectivity index (χ3n) is 7.52. The van der Waals surface area contributed by atoms with E-state index < -0.39 is 37.6 Å². The lowest BCUT2D eigenvalue weighted by atomic mass is 10.0. The molecule has 2 N–H and O–H groups in total. The number of aliphatic hydroxyl groups excluding tert-OH is 1. The normalized spacial score (nSPS) is 18.8. The Morgan fingerprint density at radius 1 is 1.05 bits per heavy atom. The van der Waals surface area contributed by atoms with Gasteiger partial charge in [-0.3, -0.25) is 15.0 Å². The van der Waals surface area contributed by atoms with Gasteiger partial charge >= 0.3 is 6.09 Å². The van der Waals surface area contributed by atoms with Crippen LogP contribution in [0.3, 0.4) is 0 Å². The van der Waals surface area contributed by atoms with Crippen LogP contribution >= 0.6 is 0 Å². The third-order valence-corrected chi connectivity index (χ3v) is 12.5. The molecule has 9 nitrogen and oxygen atoms in total. The van der Waals surface area contributed by atoms with Gasteiger partial charge in [-0.15, -0.1) is 0 Å². The molecule has 1 amide bonds. The second-order valence-corrected chi connectivity index (χ2v) is 15.4. The number of ether oxygens (including phenoxy) is 1. The number of para-hydroxylation sites is 1. The van der Waals surface area contributed by atoms with Crippen LogP contribution in [0, 0.1) is 10.1 Å². The molecule has 0 saturated carbocycles. The molecule has 212 valence electrons. The molecule has 3 atom stereocenters. The number of rotatable bonds is 9. The Balaban J connectivity index is 1.56. The molecule has 0 spiro atoms. The summed E-state index contributed by atoms with van der Waals surface area (Å²) in [5.41, 5.74) is 0.270. The molecule has 10 heteroatoms. The highest BCUT2D eigenvalue weighted by Gasteiger charge is 2.51. The molecule has 4 rings (SSSR count). The van der Waals surface area contributed by atoms with E-state index in [1.807, 2.05) is 36.4 Å². The summed E-state index contributed by atoms with van der Waals surface area (Å²) in [6.45, 7) is 6.53. The lowest BCUT2D eigenvalue weighted by Gasteiger charge is -2.45. The van der Waals surface area contributed by atoms with Gasteiger partial charge in [0.05, 0.1) is 36.8 Å². The number of aliphatic hydroxyl groups is 1. The van der Waals surface area contributed by atoms with Crippen LogP contribution in [0.5, 0.6) is 0 Å². The number of benzene rings is 3. The number of carbonyl (C=O) groups is 1. The van der Waals surface area contributed by atoms with E-state index in [9.17, 15) is 25.1 Å². The van der Waals surface area contributed by atoms with Crippen molar-refractivity contribution in [3.63, 3.8) is 0 Å². The van der Waals surface area contributed by atoms with E-state index in [2.05, 4.69) is 45.0 Å². The molecule has 3 aromatic carbocycles. The molecule has 0 aliphatic carbocycles. The fraction of sp³-hybridized carbons (Fsp3) is 0.367. The summed E-state index contributed by atoms with van der Waals surface area (Å²) in [6.07, 6.45) is -3.12. The minimum Gasteiger partial charge on any atom is -0.465 e. The van der Waals surface area contributed by atoms with Crippen molar-refractivity contribution in [1.82, 2.24) is 4.90 Å². The number of nitrogens with zero attached hydrogens (tertiary/aromatic N) is 2. The monoisotopic (exact) mass is 564 g/mol. The van der Waals surface area contributed by atoms with Crippen molar-refractivity contribution in [3.8, 4) is 0 Å². The maximum atomic E-state index is 12.4. The summed E-state index contributed by atoms with van der Waals surface area (Å²) in [5.74, 6) is 0. The van der Waals surface area contributed by atoms with Crippen molar-refractivity contribution in [2.45, 2.75) is 50.5 Å². The molecule has 0 radical (unpaired) electrons. The molecule has 1 aliphatic rings. The van der Waals surface area contributed by atoms with Crippen LogP contribution in [0.25, 0.3) is 0 Å². The van der Waals surface area contributed by atoms with Gasteiger partial charge in [0, 0.05) is 18.1 Å². The second-order valence-electron chi connectivity index (χ2n) is 11.1. The zero-order chi connectivity index (χ0) is 28.9. The highest BCUT2D eigenvalue weighted by molar-refractivity contribution is 6.99. The van der Waals surface area contributed by atoms with Gasteiger partial charge < -0.3 is 19.4 Å². The fourth-order valence-electron chi connectivity index (χ4n) is 5.53. The quantitative estimate of drug-likeness (QED) is 0.230. The van der Waals surface area contributed by atoms with E-state index in [4.69, 9.17) is 9.16 Å². The Hall–Kier alpha value is -3.57. The van der Waals surface area contributed by atoms with E-state index in [-0.39, 0.29) is 36.9 Å². The third kappa shape index (κ3) is 6.10. The van der Waals surface area contributed by atoms with E-state index in [0.29, 0.717) is 5.56 Å². The van der Waals surface area contributed by atoms with Crippen molar-refractivity contribution in [2.75, 3.05) is 19.8 Å². The molecule has 1 saturated heterocycles. The number of amides is 1. The smallest absolute Gasteiger partial charge is 0.407 e. The minimum absolute atomic E-state index is 0.0293. The Bertz CT molecular complexity index is 1260. The molecular formula is C30H36N2O7Si. The summed E-state index contributed by atoms with van der Waals surface area (Å²) >= 11 is 0. The average molecular weight is 565 g/mol. The van der Waals surface area contributed by atoms with Gasteiger partial charge in [0.15, 0.2) is 0 Å². The average Bonchev–Trinajstić information content (AvgIpc) is 2.94. The number of hydrogen-bond acceptors (Lipinski definition) is 6.